The Bertz CT molecular complexity index is 874. The first-order valence-corrected chi connectivity index (χ1v) is 7.01. The number of rotatable bonds is 4. The lowest BCUT2D eigenvalue weighted by Gasteiger charge is -2.12. The summed E-state index contributed by atoms with van der Waals surface area (Å²) in [5, 5.41) is 4.04. The lowest BCUT2D eigenvalue weighted by Crippen LogP contribution is -2.29. The second-order valence-corrected chi connectivity index (χ2v) is 5.20. The highest BCUT2D eigenvalue weighted by atomic mass is 35.5. The number of benzene rings is 1. The van der Waals surface area contributed by atoms with E-state index in [2.05, 4.69) is 10.4 Å². The number of H-pyrrole nitrogens is 1. The maximum absolute atomic E-state index is 12.7. The molecule has 1 heterocycles. The van der Waals surface area contributed by atoms with Crippen LogP contribution in [0, 0.1) is 0 Å². The molecule has 0 atom stereocenters. The lowest BCUT2D eigenvalue weighted by atomic mass is 10.2. The predicted octanol–water partition coefficient (Wildman–Crippen LogP) is 2.24. The van der Waals surface area contributed by atoms with Gasteiger partial charge in [-0.1, -0.05) is 11.6 Å². The van der Waals surface area contributed by atoms with Gasteiger partial charge in [-0.3, -0.25) is 19.5 Å². The molecule has 24 heavy (non-hydrogen) atoms. The number of halogens is 4. The van der Waals surface area contributed by atoms with Crippen molar-refractivity contribution in [1.29, 1.82) is 0 Å². The Morgan fingerprint density at radius 2 is 1.92 bits per heavy atom. The SMILES string of the molecule is O=C(CCn1[nH]c(=O)ccc1=O)Nc1ccc(Cl)c(C(F)(F)F)c1. The van der Waals surface area contributed by atoms with Crippen LogP contribution in [0.15, 0.2) is 39.9 Å². The maximum atomic E-state index is 12.7. The van der Waals surface area contributed by atoms with Gasteiger partial charge in [-0.25, -0.2) is 4.68 Å². The summed E-state index contributed by atoms with van der Waals surface area (Å²) in [6.45, 7) is -0.125. The fourth-order valence-corrected chi connectivity index (χ4v) is 2.11. The van der Waals surface area contributed by atoms with E-state index in [-0.39, 0.29) is 18.7 Å². The van der Waals surface area contributed by atoms with Gasteiger partial charge in [-0.15, -0.1) is 0 Å². The summed E-state index contributed by atoms with van der Waals surface area (Å²) in [5.74, 6) is -0.623. The van der Waals surface area contributed by atoms with Crippen molar-refractivity contribution in [3.8, 4) is 0 Å². The second kappa shape index (κ2) is 6.91. The van der Waals surface area contributed by atoms with E-state index in [0.717, 1.165) is 28.9 Å². The maximum Gasteiger partial charge on any atom is 0.417 e. The highest BCUT2D eigenvalue weighted by Crippen LogP contribution is 2.36. The minimum absolute atomic E-state index is 0.0781. The molecule has 0 aliphatic rings. The van der Waals surface area contributed by atoms with Gasteiger partial charge in [-0.05, 0) is 18.2 Å². The van der Waals surface area contributed by atoms with Crippen molar-refractivity contribution in [3.63, 3.8) is 0 Å². The van der Waals surface area contributed by atoms with Gasteiger partial charge in [-0.2, -0.15) is 13.2 Å². The van der Waals surface area contributed by atoms with Gasteiger partial charge in [0, 0.05) is 24.2 Å². The molecule has 0 spiro atoms. The standard InChI is InChI=1S/C14H11ClF3N3O3/c15-10-2-1-8(7-9(10)14(16,17)18)19-11(22)5-6-21-13(24)4-3-12(23)20-21/h1-4,7H,5-6H2,(H,19,22)(H,20,23). The molecule has 0 bridgehead atoms. The Kier molecular flexibility index (Phi) is 5.13. The first-order valence-electron chi connectivity index (χ1n) is 6.63. The van der Waals surface area contributed by atoms with Crippen LogP contribution >= 0.6 is 11.6 Å². The van der Waals surface area contributed by atoms with Gasteiger partial charge >= 0.3 is 6.18 Å². The third kappa shape index (κ3) is 4.48. The Hall–Kier alpha value is -2.55. The Morgan fingerprint density at radius 1 is 1.21 bits per heavy atom. The van der Waals surface area contributed by atoms with Crippen molar-refractivity contribution in [2.75, 3.05) is 5.32 Å². The molecular formula is C14H11ClF3N3O3. The molecule has 0 fully saturated rings. The molecule has 0 aliphatic heterocycles. The van der Waals surface area contributed by atoms with Gasteiger partial charge in [0.15, 0.2) is 0 Å². The zero-order chi connectivity index (χ0) is 17.9. The minimum Gasteiger partial charge on any atom is -0.326 e. The zero-order valence-corrected chi connectivity index (χ0v) is 12.7. The van der Waals surface area contributed by atoms with Crippen LogP contribution < -0.4 is 16.4 Å². The molecule has 0 unspecified atom stereocenters. The molecule has 6 nitrogen and oxygen atoms in total. The van der Waals surface area contributed by atoms with Crippen LogP contribution in [-0.2, 0) is 17.5 Å². The summed E-state index contributed by atoms with van der Waals surface area (Å²) >= 11 is 5.49. The van der Waals surface area contributed by atoms with E-state index < -0.39 is 33.8 Å². The summed E-state index contributed by atoms with van der Waals surface area (Å²) in [4.78, 5) is 34.4. The Labute approximate surface area is 137 Å². The highest BCUT2D eigenvalue weighted by molar-refractivity contribution is 6.31. The van der Waals surface area contributed by atoms with E-state index in [4.69, 9.17) is 11.6 Å². The van der Waals surface area contributed by atoms with E-state index in [1.807, 2.05) is 0 Å². The number of amides is 1. The molecular weight excluding hydrogens is 351 g/mol. The number of anilines is 1. The average molecular weight is 362 g/mol. The van der Waals surface area contributed by atoms with E-state index in [0.29, 0.717) is 0 Å². The van der Waals surface area contributed by atoms with Crippen LogP contribution in [0.3, 0.4) is 0 Å². The number of hydrogen-bond acceptors (Lipinski definition) is 3. The molecule has 0 saturated heterocycles. The van der Waals surface area contributed by atoms with Crippen molar-refractivity contribution in [1.82, 2.24) is 9.78 Å². The molecule has 2 aromatic rings. The van der Waals surface area contributed by atoms with Crippen LogP contribution in [0.5, 0.6) is 0 Å². The molecule has 0 saturated carbocycles. The number of nitrogens with one attached hydrogen (secondary N) is 2. The second-order valence-electron chi connectivity index (χ2n) is 4.79. The quantitative estimate of drug-likeness (QED) is 0.876. The van der Waals surface area contributed by atoms with E-state index in [1.165, 1.54) is 6.07 Å². The summed E-state index contributed by atoms with van der Waals surface area (Å²) in [5.41, 5.74) is -2.16. The Balaban J connectivity index is 2.06. The van der Waals surface area contributed by atoms with E-state index in [1.54, 1.807) is 0 Å². The zero-order valence-electron chi connectivity index (χ0n) is 12.0. The summed E-state index contributed by atoms with van der Waals surface area (Å²) in [6.07, 6.45) is -4.86. The number of alkyl halides is 3. The third-order valence-electron chi connectivity index (χ3n) is 3.01. The molecule has 2 rings (SSSR count). The third-order valence-corrected chi connectivity index (χ3v) is 3.34. The molecule has 2 N–H and O–H groups in total. The predicted molar refractivity (Wildman–Crippen MR) is 81.0 cm³/mol. The van der Waals surface area contributed by atoms with E-state index in [9.17, 15) is 27.6 Å². The van der Waals surface area contributed by atoms with Crippen molar-refractivity contribution < 1.29 is 18.0 Å². The van der Waals surface area contributed by atoms with Gasteiger partial charge in [0.2, 0.25) is 5.91 Å². The monoisotopic (exact) mass is 361 g/mol. The first-order chi connectivity index (χ1) is 11.2. The summed E-state index contributed by atoms with van der Waals surface area (Å²) in [6, 6.07) is 5.07. The number of aromatic nitrogens is 2. The number of aryl methyl sites for hydroxylation is 1. The van der Waals surface area contributed by atoms with Crippen LogP contribution in [0.2, 0.25) is 5.02 Å². The lowest BCUT2D eigenvalue weighted by molar-refractivity contribution is -0.137. The topological polar surface area (TPSA) is 84.0 Å². The van der Waals surface area contributed by atoms with Gasteiger partial charge in [0.05, 0.1) is 17.1 Å². The number of carbonyl (C=O) groups excluding carboxylic acids is 1. The van der Waals surface area contributed by atoms with Crippen molar-refractivity contribution >= 4 is 23.2 Å². The number of aromatic amines is 1. The molecule has 128 valence electrons. The van der Waals surface area contributed by atoms with Crippen LogP contribution in [0.1, 0.15) is 12.0 Å². The molecule has 0 radical (unpaired) electrons. The molecule has 1 amide bonds. The summed E-state index contributed by atoms with van der Waals surface area (Å²) in [7, 11) is 0. The van der Waals surface area contributed by atoms with Gasteiger partial charge < -0.3 is 5.32 Å². The molecule has 1 aromatic carbocycles. The molecule has 1 aromatic heterocycles. The smallest absolute Gasteiger partial charge is 0.326 e. The highest BCUT2D eigenvalue weighted by Gasteiger charge is 2.33. The normalized spacial score (nSPS) is 11.3. The van der Waals surface area contributed by atoms with E-state index >= 15 is 0 Å². The van der Waals surface area contributed by atoms with Crippen LogP contribution in [0.4, 0.5) is 18.9 Å². The fourth-order valence-electron chi connectivity index (χ4n) is 1.89. The number of hydrogen-bond donors (Lipinski definition) is 2. The van der Waals surface area contributed by atoms with Gasteiger partial charge in [0.1, 0.15) is 0 Å². The van der Waals surface area contributed by atoms with Crippen molar-refractivity contribution in [3.05, 3.63) is 61.6 Å². The van der Waals surface area contributed by atoms with Crippen molar-refractivity contribution in [2.24, 2.45) is 0 Å². The minimum atomic E-state index is -4.64. The Morgan fingerprint density at radius 3 is 2.58 bits per heavy atom. The van der Waals surface area contributed by atoms with Gasteiger partial charge in [0.25, 0.3) is 11.1 Å². The average Bonchev–Trinajstić information content (AvgIpc) is 2.49. The van der Waals surface area contributed by atoms with Crippen molar-refractivity contribution in [2.45, 2.75) is 19.1 Å². The number of nitrogens with zero attached hydrogens (tertiary/aromatic N) is 1. The fraction of sp³-hybridized carbons (Fsp3) is 0.214. The van der Waals surface area contributed by atoms with Crippen LogP contribution in [0.25, 0.3) is 0 Å². The van der Waals surface area contributed by atoms with Crippen LogP contribution in [-0.4, -0.2) is 15.7 Å². The molecule has 10 heteroatoms. The molecule has 0 aliphatic carbocycles. The number of carbonyl (C=O) groups is 1. The summed E-state index contributed by atoms with van der Waals surface area (Å²) < 4.78 is 39.2. The first kappa shape index (κ1) is 17.8. The largest absolute Gasteiger partial charge is 0.417 e.